The van der Waals surface area contributed by atoms with Gasteiger partial charge < -0.3 is 14.6 Å². The Morgan fingerprint density at radius 2 is 1.86 bits per heavy atom. The lowest BCUT2D eigenvalue weighted by Crippen LogP contribution is -2.32. The molecular weight excluding hydrogens is 457 g/mol. The lowest BCUT2D eigenvalue weighted by Gasteiger charge is -2.24. The molecule has 0 aliphatic heterocycles. The second-order valence-corrected chi connectivity index (χ2v) is 8.08. The van der Waals surface area contributed by atoms with Gasteiger partial charge >= 0.3 is 6.18 Å². The third-order valence-electron chi connectivity index (χ3n) is 5.47. The van der Waals surface area contributed by atoms with Gasteiger partial charge in [-0.05, 0) is 48.4 Å². The van der Waals surface area contributed by atoms with Gasteiger partial charge in [-0.15, -0.1) is 0 Å². The summed E-state index contributed by atoms with van der Waals surface area (Å²) in [6.07, 6.45) is -1.87. The van der Waals surface area contributed by atoms with Crippen molar-refractivity contribution in [3.63, 3.8) is 0 Å². The maximum atomic E-state index is 12.9. The van der Waals surface area contributed by atoms with E-state index < -0.39 is 11.7 Å². The van der Waals surface area contributed by atoms with Crippen LogP contribution in [0.1, 0.15) is 30.9 Å². The Morgan fingerprint density at radius 1 is 1.03 bits per heavy atom. The fourth-order valence-electron chi connectivity index (χ4n) is 3.79. The average Bonchev–Trinajstić information content (AvgIpc) is 3.39. The number of halogens is 3. The molecule has 4 rings (SSSR count). The van der Waals surface area contributed by atoms with Gasteiger partial charge in [0.1, 0.15) is 5.82 Å². The first-order valence-corrected chi connectivity index (χ1v) is 11.3. The molecule has 0 saturated heterocycles. The van der Waals surface area contributed by atoms with Gasteiger partial charge in [-0.25, -0.2) is 9.97 Å². The number of hydrogen-bond acceptors (Lipinski definition) is 5. The summed E-state index contributed by atoms with van der Waals surface area (Å²) in [6.45, 7) is 3.12. The fraction of sp³-hybridized carbons (Fsp3) is 0.269. The van der Waals surface area contributed by atoms with Gasteiger partial charge in [-0.3, -0.25) is 4.79 Å². The van der Waals surface area contributed by atoms with Crippen LogP contribution < -0.4 is 10.2 Å². The van der Waals surface area contributed by atoms with E-state index in [1.807, 2.05) is 36.1 Å². The highest BCUT2D eigenvalue weighted by Gasteiger charge is 2.30. The number of carbonyl (C=O) groups is 1. The van der Waals surface area contributed by atoms with Crippen molar-refractivity contribution in [2.75, 3.05) is 18.0 Å². The number of benzene rings is 2. The van der Waals surface area contributed by atoms with Crippen LogP contribution in [0.3, 0.4) is 0 Å². The van der Waals surface area contributed by atoms with Crippen LogP contribution in [0, 0.1) is 0 Å². The van der Waals surface area contributed by atoms with Crippen LogP contribution in [0.5, 0.6) is 0 Å². The molecule has 0 atom stereocenters. The fourth-order valence-corrected chi connectivity index (χ4v) is 3.79. The molecule has 0 saturated carbocycles. The Labute approximate surface area is 200 Å². The number of para-hydroxylation sites is 1. The monoisotopic (exact) mass is 482 g/mol. The number of aromatic nitrogens is 2. The summed E-state index contributed by atoms with van der Waals surface area (Å²) in [4.78, 5) is 23.9. The highest BCUT2D eigenvalue weighted by Crippen LogP contribution is 2.30. The second kappa shape index (κ2) is 10.6. The number of carbonyl (C=O) groups excluding carboxylic acids is 1. The van der Waals surface area contributed by atoms with Gasteiger partial charge in [0, 0.05) is 31.4 Å². The van der Waals surface area contributed by atoms with Crippen molar-refractivity contribution in [2.45, 2.75) is 32.5 Å². The summed E-state index contributed by atoms with van der Waals surface area (Å²) < 4.78 is 44.3. The van der Waals surface area contributed by atoms with Crippen LogP contribution in [-0.4, -0.2) is 29.0 Å². The minimum Gasteiger partial charge on any atom is -0.461 e. The molecule has 6 nitrogen and oxygen atoms in total. The number of furan rings is 1. The van der Waals surface area contributed by atoms with E-state index in [2.05, 4.69) is 10.3 Å². The molecule has 35 heavy (non-hydrogen) atoms. The molecule has 0 aliphatic rings. The molecule has 182 valence electrons. The van der Waals surface area contributed by atoms with Gasteiger partial charge in [0.2, 0.25) is 5.91 Å². The van der Waals surface area contributed by atoms with Crippen molar-refractivity contribution in [3.05, 3.63) is 78.1 Å². The van der Waals surface area contributed by atoms with E-state index in [4.69, 9.17) is 9.40 Å². The molecule has 0 aliphatic carbocycles. The smallest absolute Gasteiger partial charge is 0.416 e. The molecule has 2 heterocycles. The van der Waals surface area contributed by atoms with Crippen molar-refractivity contribution in [1.82, 2.24) is 15.3 Å². The van der Waals surface area contributed by atoms with Crippen LogP contribution in [0.25, 0.3) is 22.5 Å². The third-order valence-corrected chi connectivity index (χ3v) is 5.47. The Balaban J connectivity index is 1.48. The van der Waals surface area contributed by atoms with Gasteiger partial charge in [0.15, 0.2) is 11.6 Å². The zero-order valence-electron chi connectivity index (χ0n) is 19.2. The van der Waals surface area contributed by atoms with Crippen molar-refractivity contribution >= 4 is 22.6 Å². The summed E-state index contributed by atoms with van der Waals surface area (Å²) in [5.41, 5.74) is 0.420. The van der Waals surface area contributed by atoms with Crippen molar-refractivity contribution in [1.29, 1.82) is 0 Å². The summed E-state index contributed by atoms with van der Waals surface area (Å²) in [5, 5.41) is 3.58. The molecular formula is C26H25F3N4O2. The summed E-state index contributed by atoms with van der Waals surface area (Å²) in [5.74, 6) is 1.45. The van der Waals surface area contributed by atoms with E-state index in [0.29, 0.717) is 36.1 Å². The molecule has 0 bridgehead atoms. The number of fused-ring (bicyclic) bond motifs is 1. The molecule has 9 heteroatoms. The van der Waals surface area contributed by atoms with Gasteiger partial charge in [-0.2, -0.15) is 13.2 Å². The number of amides is 1. The van der Waals surface area contributed by atoms with Crippen molar-refractivity contribution in [2.24, 2.45) is 0 Å². The van der Waals surface area contributed by atoms with Gasteiger partial charge in [-0.1, -0.05) is 31.2 Å². The largest absolute Gasteiger partial charge is 0.461 e. The molecule has 0 fully saturated rings. The van der Waals surface area contributed by atoms with E-state index in [-0.39, 0.29) is 18.9 Å². The minimum absolute atomic E-state index is 0.0234. The quantitative estimate of drug-likeness (QED) is 0.325. The first-order chi connectivity index (χ1) is 16.8. The van der Waals surface area contributed by atoms with E-state index in [0.717, 1.165) is 29.5 Å². The highest BCUT2D eigenvalue weighted by molar-refractivity contribution is 5.91. The van der Waals surface area contributed by atoms with Crippen molar-refractivity contribution in [3.8, 4) is 11.6 Å². The van der Waals surface area contributed by atoms with Crippen LogP contribution >= 0.6 is 0 Å². The van der Waals surface area contributed by atoms with Crippen molar-refractivity contribution < 1.29 is 22.4 Å². The molecule has 0 radical (unpaired) electrons. The Hall–Kier alpha value is -3.88. The van der Waals surface area contributed by atoms with E-state index >= 15 is 0 Å². The topological polar surface area (TPSA) is 71.3 Å². The summed E-state index contributed by atoms with van der Waals surface area (Å²) >= 11 is 0. The van der Waals surface area contributed by atoms with Gasteiger partial charge in [0.25, 0.3) is 0 Å². The van der Waals surface area contributed by atoms with Crippen LogP contribution in [0.15, 0.2) is 71.3 Å². The Kier molecular flexibility index (Phi) is 7.33. The van der Waals surface area contributed by atoms with Gasteiger partial charge in [0.05, 0.1) is 17.3 Å². The Morgan fingerprint density at radius 3 is 2.60 bits per heavy atom. The molecule has 2 aromatic carbocycles. The molecule has 1 amide bonds. The molecule has 4 aromatic rings. The van der Waals surface area contributed by atoms with Crippen LogP contribution in [-0.2, 0) is 17.5 Å². The number of rotatable bonds is 9. The predicted octanol–water partition coefficient (Wildman–Crippen LogP) is 5.83. The number of nitrogens with one attached hydrogen (secondary N) is 1. The highest BCUT2D eigenvalue weighted by atomic mass is 19.4. The molecule has 0 unspecified atom stereocenters. The maximum Gasteiger partial charge on any atom is 0.416 e. The second-order valence-electron chi connectivity index (χ2n) is 8.08. The predicted molar refractivity (Wildman–Crippen MR) is 128 cm³/mol. The molecule has 2 aromatic heterocycles. The standard InChI is InChI=1S/C26H25F3N4O2/c1-2-13-33(14-12-23(34)30-17-18-7-5-8-19(16-18)26(27,28)29)25-20-9-3-4-10-21(20)31-24(32-25)22-11-6-15-35-22/h3-11,15-16H,2,12-14,17H2,1H3,(H,30,34). The molecule has 1 N–H and O–H groups in total. The first-order valence-electron chi connectivity index (χ1n) is 11.3. The van der Waals surface area contributed by atoms with E-state index in [9.17, 15) is 18.0 Å². The number of nitrogens with zero attached hydrogens (tertiary/aromatic N) is 3. The minimum atomic E-state index is -4.42. The lowest BCUT2D eigenvalue weighted by molar-refractivity contribution is -0.137. The van der Waals surface area contributed by atoms with E-state index in [1.54, 1.807) is 24.5 Å². The number of alkyl halides is 3. The zero-order valence-corrected chi connectivity index (χ0v) is 19.2. The lowest BCUT2D eigenvalue weighted by atomic mass is 10.1. The normalized spacial score (nSPS) is 11.5. The summed E-state index contributed by atoms with van der Waals surface area (Å²) in [7, 11) is 0. The SMILES string of the molecule is CCCN(CCC(=O)NCc1cccc(C(F)(F)F)c1)c1nc(-c2ccco2)nc2ccccc12. The average molecular weight is 483 g/mol. The Bertz CT molecular complexity index is 1290. The van der Waals surface area contributed by atoms with Crippen LogP contribution in [0.2, 0.25) is 0 Å². The first kappa shape index (κ1) is 24.3. The number of anilines is 1. The van der Waals surface area contributed by atoms with Crippen LogP contribution in [0.4, 0.5) is 19.0 Å². The maximum absolute atomic E-state index is 12.9. The zero-order chi connectivity index (χ0) is 24.8. The summed E-state index contributed by atoms with van der Waals surface area (Å²) in [6, 6.07) is 16.2. The third kappa shape index (κ3) is 5.98. The number of hydrogen-bond donors (Lipinski definition) is 1. The molecule has 0 spiro atoms. The van der Waals surface area contributed by atoms with E-state index in [1.165, 1.54) is 6.07 Å².